The summed E-state index contributed by atoms with van der Waals surface area (Å²) in [6, 6.07) is 11.6. The second-order valence-corrected chi connectivity index (χ2v) is 6.01. The first kappa shape index (κ1) is 14.7. The molecule has 19 heavy (non-hydrogen) atoms. The van der Waals surface area contributed by atoms with E-state index in [0.717, 1.165) is 26.9 Å². The zero-order valence-corrected chi connectivity index (χ0v) is 13.7. The zero-order chi connectivity index (χ0) is 14.0. The smallest absolute Gasteiger partial charge is 0.120 e. The van der Waals surface area contributed by atoms with Gasteiger partial charge in [-0.3, -0.25) is 0 Å². The number of halogens is 3. The van der Waals surface area contributed by atoms with Gasteiger partial charge in [-0.15, -0.1) is 11.6 Å². The average molecular weight is 360 g/mol. The summed E-state index contributed by atoms with van der Waals surface area (Å²) in [6.07, 6.45) is 0. The van der Waals surface area contributed by atoms with Crippen LogP contribution in [-0.2, 0) is 0 Å². The van der Waals surface area contributed by atoms with Crippen LogP contribution in [-0.4, -0.2) is 7.11 Å². The lowest BCUT2D eigenvalue weighted by Gasteiger charge is -2.15. The first-order valence-electron chi connectivity index (χ1n) is 5.76. The van der Waals surface area contributed by atoms with E-state index in [-0.39, 0.29) is 5.38 Å². The molecule has 2 aromatic rings. The summed E-state index contributed by atoms with van der Waals surface area (Å²) < 4.78 is 6.15. The van der Waals surface area contributed by atoms with Crippen LogP contribution in [0.2, 0.25) is 5.02 Å². The van der Waals surface area contributed by atoms with Crippen LogP contribution in [0, 0.1) is 6.92 Å². The summed E-state index contributed by atoms with van der Waals surface area (Å²) in [7, 11) is 1.61. The Kier molecular flexibility index (Phi) is 4.77. The SMILES string of the molecule is COc1ccc(C(Cl)c2cc(Br)ccc2C)c(Cl)c1. The molecule has 0 fully saturated rings. The summed E-state index contributed by atoms with van der Waals surface area (Å²) in [6.45, 7) is 2.04. The second-order valence-electron chi connectivity index (χ2n) is 4.25. The molecule has 0 aliphatic carbocycles. The predicted molar refractivity (Wildman–Crippen MR) is 84.6 cm³/mol. The third kappa shape index (κ3) is 3.25. The van der Waals surface area contributed by atoms with Crippen LogP contribution in [0.4, 0.5) is 0 Å². The summed E-state index contributed by atoms with van der Waals surface area (Å²) in [5, 5.41) is 0.328. The van der Waals surface area contributed by atoms with E-state index in [4.69, 9.17) is 27.9 Å². The fraction of sp³-hybridized carbons (Fsp3) is 0.200. The van der Waals surface area contributed by atoms with E-state index >= 15 is 0 Å². The second kappa shape index (κ2) is 6.17. The molecule has 1 nitrogen and oxygen atoms in total. The molecule has 0 N–H and O–H groups in total. The molecule has 1 unspecified atom stereocenters. The van der Waals surface area contributed by atoms with E-state index in [1.807, 2.05) is 37.3 Å². The maximum absolute atomic E-state index is 6.56. The van der Waals surface area contributed by atoms with Crippen molar-refractivity contribution in [3.8, 4) is 5.75 Å². The molecule has 1 atom stereocenters. The van der Waals surface area contributed by atoms with Gasteiger partial charge in [-0.1, -0.05) is 39.7 Å². The van der Waals surface area contributed by atoms with Crippen LogP contribution in [0.5, 0.6) is 5.75 Å². The van der Waals surface area contributed by atoms with Gasteiger partial charge in [0.1, 0.15) is 5.75 Å². The van der Waals surface area contributed by atoms with Crippen molar-refractivity contribution in [2.24, 2.45) is 0 Å². The number of rotatable bonds is 3. The molecule has 2 aromatic carbocycles. The van der Waals surface area contributed by atoms with Crippen molar-refractivity contribution in [1.29, 1.82) is 0 Å². The lowest BCUT2D eigenvalue weighted by molar-refractivity contribution is 0.414. The Labute approximate surface area is 131 Å². The van der Waals surface area contributed by atoms with Gasteiger partial charge in [-0.05, 0) is 47.9 Å². The van der Waals surface area contributed by atoms with Crippen molar-refractivity contribution in [2.75, 3.05) is 7.11 Å². The van der Waals surface area contributed by atoms with Gasteiger partial charge in [0.25, 0.3) is 0 Å². The highest BCUT2D eigenvalue weighted by Crippen LogP contribution is 2.37. The van der Waals surface area contributed by atoms with E-state index < -0.39 is 0 Å². The van der Waals surface area contributed by atoms with E-state index in [1.165, 1.54) is 0 Å². The number of hydrogen-bond donors (Lipinski definition) is 0. The molecule has 0 aliphatic heterocycles. The maximum Gasteiger partial charge on any atom is 0.120 e. The predicted octanol–water partition coefficient (Wildman–Crippen LogP) is 5.75. The Morgan fingerprint density at radius 3 is 2.47 bits per heavy atom. The highest BCUT2D eigenvalue weighted by atomic mass is 79.9. The van der Waals surface area contributed by atoms with Gasteiger partial charge in [0.15, 0.2) is 0 Å². The van der Waals surface area contributed by atoms with Crippen molar-refractivity contribution in [2.45, 2.75) is 12.3 Å². The van der Waals surface area contributed by atoms with Gasteiger partial charge in [0.2, 0.25) is 0 Å². The Morgan fingerprint density at radius 1 is 1.11 bits per heavy atom. The first-order chi connectivity index (χ1) is 9.02. The minimum absolute atomic E-state index is 0.282. The van der Waals surface area contributed by atoms with Crippen molar-refractivity contribution >= 4 is 39.1 Å². The lowest BCUT2D eigenvalue weighted by Crippen LogP contribution is -1.98. The molecule has 0 aliphatic rings. The number of benzene rings is 2. The maximum atomic E-state index is 6.56. The van der Waals surface area contributed by atoms with E-state index in [9.17, 15) is 0 Å². The molecular weight excluding hydrogens is 347 g/mol. The van der Waals surface area contributed by atoms with Gasteiger partial charge >= 0.3 is 0 Å². The van der Waals surface area contributed by atoms with Gasteiger partial charge in [0, 0.05) is 9.50 Å². The van der Waals surface area contributed by atoms with E-state index in [0.29, 0.717) is 5.02 Å². The van der Waals surface area contributed by atoms with Crippen LogP contribution in [0.1, 0.15) is 22.1 Å². The van der Waals surface area contributed by atoms with Gasteiger partial charge in [-0.2, -0.15) is 0 Å². The van der Waals surface area contributed by atoms with E-state index in [2.05, 4.69) is 15.9 Å². The Balaban J connectivity index is 2.43. The first-order valence-corrected chi connectivity index (χ1v) is 7.37. The highest BCUT2D eigenvalue weighted by molar-refractivity contribution is 9.10. The van der Waals surface area contributed by atoms with Crippen LogP contribution < -0.4 is 4.74 Å². The highest BCUT2D eigenvalue weighted by Gasteiger charge is 2.17. The average Bonchev–Trinajstić information content (AvgIpc) is 2.40. The molecule has 0 spiro atoms. The molecule has 0 radical (unpaired) electrons. The van der Waals surface area contributed by atoms with Crippen molar-refractivity contribution < 1.29 is 4.74 Å². The Bertz CT molecular complexity index is 599. The van der Waals surface area contributed by atoms with Crippen LogP contribution in [0.25, 0.3) is 0 Å². The number of methoxy groups -OCH3 is 1. The van der Waals surface area contributed by atoms with E-state index in [1.54, 1.807) is 13.2 Å². The van der Waals surface area contributed by atoms with Crippen molar-refractivity contribution in [1.82, 2.24) is 0 Å². The minimum atomic E-state index is -0.282. The molecule has 0 amide bonds. The minimum Gasteiger partial charge on any atom is -0.497 e. The lowest BCUT2D eigenvalue weighted by atomic mass is 10.00. The fourth-order valence-electron chi connectivity index (χ4n) is 1.89. The molecule has 0 aromatic heterocycles. The summed E-state index contributed by atoms with van der Waals surface area (Å²) >= 11 is 16.3. The standard InChI is InChI=1S/C15H13BrCl2O/c1-9-3-4-10(16)7-13(9)15(18)12-6-5-11(19-2)8-14(12)17/h3-8,15H,1-2H3. The molecule has 0 heterocycles. The number of aryl methyl sites for hydroxylation is 1. The molecule has 0 saturated carbocycles. The Hall–Kier alpha value is -0.700. The summed E-state index contributed by atoms with van der Waals surface area (Å²) in [4.78, 5) is 0. The molecule has 2 rings (SSSR count). The van der Waals surface area contributed by atoms with Gasteiger partial charge < -0.3 is 4.74 Å². The zero-order valence-electron chi connectivity index (χ0n) is 10.6. The van der Waals surface area contributed by atoms with Gasteiger partial charge in [0.05, 0.1) is 12.5 Å². The van der Waals surface area contributed by atoms with Crippen LogP contribution >= 0.6 is 39.1 Å². The third-order valence-corrected chi connectivity index (χ3v) is 4.29. The largest absolute Gasteiger partial charge is 0.497 e. The molecule has 0 bridgehead atoms. The summed E-state index contributed by atoms with van der Waals surface area (Å²) in [5.74, 6) is 0.726. The quantitative estimate of drug-likeness (QED) is 0.634. The van der Waals surface area contributed by atoms with Crippen LogP contribution in [0.3, 0.4) is 0 Å². The molecule has 100 valence electrons. The fourth-order valence-corrected chi connectivity index (χ4v) is 3.03. The number of ether oxygens (including phenoxy) is 1. The van der Waals surface area contributed by atoms with Gasteiger partial charge in [-0.25, -0.2) is 0 Å². The molecular formula is C15H13BrCl2O. The van der Waals surface area contributed by atoms with Crippen LogP contribution in [0.15, 0.2) is 40.9 Å². The monoisotopic (exact) mass is 358 g/mol. The number of hydrogen-bond acceptors (Lipinski definition) is 1. The Morgan fingerprint density at radius 2 is 1.84 bits per heavy atom. The van der Waals surface area contributed by atoms with Crippen molar-refractivity contribution in [3.05, 3.63) is 62.6 Å². The third-order valence-electron chi connectivity index (χ3n) is 3.00. The summed E-state index contributed by atoms with van der Waals surface area (Å²) in [5.41, 5.74) is 3.06. The normalized spacial score (nSPS) is 12.3. The topological polar surface area (TPSA) is 9.23 Å². The molecule has 4 heteroatoms. The van der Waals surface area contributed by atoms with Crippen molar-refractivity contribution in [3.63, 3.8) is 0 Å². The number of alkyl halides is 1. The molecule has 0 saturated heterocycles.